The maximum atomic E-state index is 12.3. The molecule has 0 spiro atoms. The number of carbonyl (C=O) groups excluding carboxylic acids is 1. The van der Waals surface area contributed by atoms with E-state index in [1.54, 1.807) is 9.80 Å². The first kappa shape index (κ1) is 15.3. The van der Waals surface area contributed by atoms with Gasteiger partial charge in [-0.2, -0.15) is 5.26 Å². The molecular formula is C13H21N3O3. The van der Waals surface area contributed by atoms with Gasteiger partial charge in [-0.15, -0.1) is 0 Å². The summed E-state index contributed by atoms with van der Waals surface area (Å²) in [6.07, 6.45) is 1.32. The molecule has 2 amide bonds. The second kappa shape index (κ2) is 6.41. The molecule has 1 aliphatic heterocycles. The van der Waals surface area contributed by atoms with E-state index in [1.807, 2.05) is 19.9 Å². The quantitative estimate of drug-likeness (QED) is 0.818. The molecule has 0 bridgehead atoms. The number of carboxylic acid groups (broad SMARTS) is 1. The molecule has 6 nitrogen and oxygen atoms in total. The van der Waals surface area contributed by atoms with Gasteiger partial charge < -0.3 is 14.9 Å². The predicted octanol–water partition coefficient (Wildman–Crippen LogP) is 1.53. The number of aliphatic carboxylic acids is 1. The van der Waals surface area contributed by atoms with E-state index >= 15 is 0 Å². The van der Waals surface area contributed by atoms with Crippen molar-refractivity contribution in [2.75, 3.05) is 26.2 Å². The lowest BCUT2D eigenvalue weighted by Gasteiger charge is -2.28. The molecule has 0 aromatic carbocycles. The maximum absolute atomic E-state index is 12.3. The minimum atomic E-state index is -0.828. The van der Waals surface area contributed by atoms with Gasteiger partial charge in [0.1, 0.15) is 0 Å². The fourth-order valence-corrected chi connectivity index (χ4v) is 2.42. The third-order valence-corrected chi connectivity index (χ3v) is 3.90. The molecule has 0 saturated carbocycles. The highest BCUT2D eigenvalue weighted by Gasteiger charge is 2.45. The first-order chi connectivity index (χ1) is 9.00. The van der Waals surface area contributed by atoms with Crippen molar-refractivity contribution in [3.05, 3.63) is 0 Å². The van der Waals surface area contributed by atoms with E-state index in [-0.39, 0.29) is 12.6 Å². The molecule has 1 fully saturated rings. The highest BCUT2D eigenvalue weighted by molar-refractivity contribution is 5.79. The van der Waals surface area contributed by atoms with Crippen LogP contribution in [-0.4, -0.2) is 53.1 Å². The summed E-state index contributed by atoms with van der Waals surface area (Å²) >= 11 is 0. The SMILES string of the molecule is CCN(CCC#N)C(=O)N1CCC(CC)(C(=O)O)C1. The Hall–Kier alpha value is -1.77. The van der Waals surface area contributed by atoms with E-state index in [1.165, 1.54) is 0 Å². The van der Waals surface area contributed by atoms with Gasteiger partial charge in [0.2, 0.25) is 0 Å². The summed E-state index contributed by atoms with van der Waals surface area (Å²) in [6, 6.07) is 1.86. The highest BCUT2D eigenvalue weighted by atomic mass is 16.4. The minimum absolute atomic E-state index is 0.158. The van der Waals surface area contributed by atoms with Crippen molar-refractivity contribution < 1.29 is 14.7 Å². The molecular weight excluding hydrogens is 246 g/mol. The number of amides is 2. The second-order valence-electron chi connectivity index (χ2n) is 4.88. The van der Waals surface area contributed by atoms with Crippen LogP contribution in [0.1, 0.15) is 33.1 Å². The third-order valence-electron chi connectivity index (χ3n) is 3.90. The summed E-state index contributed by atoms with van der Waals surface area (Å²) < 4.78 is 0. The first-order valence-electron chi connectivity index (χ1n) is 6.65. The van der Waals surface area contributed by atoms with Crippen molar-refractivity contribution in [2.45, 2.75) is 33.1 Å². The van der Waals surface area contributed by atoms with Crippen LogP contribution in [0.4, 0.5) is 4.79 Å². The third kappa shape index (κ3) is 3.16. The Balaban J connectivity index is 2.70. The van der Waals surface area contributed by atoms with E-state index in [9.17, 15) is 14.7 Å². The number of hydrogen-bond acceptors (Lipinski definition) is 3. The van der Waals surface area contributed by atoms with E-state index in [4.69, 9.17) is 5.26 Å². The zero-order chi connectivity index (χ0) is 14.5. The van der Waals surface area contributed by atoms with Gasteiger partial charge in [-0.25, -0.2) is 4.79 Å². The Morgan fingerprint density at radius 1 is 1.47 bits per heavy atom. The Kier molecular flexibility index (Phi) is 5.16. The van der Waals surface area contributed by atoms with E-state index < -0.39 is 11.4 Å². The van der Waals surface area contributed by atoms with Crippen molar-refractivity contribution in [1.29, 1.82) is 5.26 Å². The number of likely N-dealkylation sites (tertiary alicyclic amines) is 1. The van der Waals surface area contributed by atoms with Gasteiger partial charge in [0.25, 0.3) is 0 Å². The van der Waals surface area contributed by atoms with Gasteiger partial charge in [-0.05, 0) is 19.8 Å². The number of carboxylic acids is 1. The number of nitrogens with zero attached hydrogens (tertiary/aromatic N) is 3. The molecule has 0 aromatic heterocycles. The van der Waals surface area contributed by atoms with Crippen molar-refractivity contribution in [3.63, 3.8) is 0 Å². The molecule has 1 rings (SSSR count). The fourth-order valence-electron chi connectivity index (χ4n) is 2.42. The average molecular weight is 267 g/mol. The number of hydrogen-bond donors (Lipinski definition) is 1. The predicted molar refractivity (Wildman–Crippen MR) is 69.4 cm³/mol. The van der Waals surface area contributed by atoms with Gasteiger partial charge in [0, 0.05) is 26.2 Å². The summed E-state index contributed by atoms with van der Waals surface area (Å²) in [5.74, 6) is -0.828. The zero-order valence-corrected chi connectivity index (χ0v) is 11.6. The summed E-state index contributed by atoms with van der Waals surface area (Å²) in [5.41, 5.74) is -0.801. The molecule has 106 valence electrons. The van der Waals surface area contributed by atoms with Crippen LogP contribution in [-0.2, 0) is 4.79 Å². The zero-order valence-electron chi connectivity index (χ0n) is 11.6. The Bertz CT molecular complexity index is 391. The summed E-state index contributed by atoms with van der Waals surface area (Å²) in [7, 11) is 0. The Morgan fingerprint density at radius 2 is 2.16 bits per heavy atom. The van der Waals surface area contributed by atoms with Crippen molar-refractivity contribution in [3.8, 4) is 6.07 Å². The number of carbonyl (C=O) groups is 2. The van der Waals surface area contributed by atoms with Crippen LogP contribution in [0.25, 0.3) is 0 Å². The molecule has 1 atom stereocenters. The molecule has 6 heteroatoms. The monoisotopic (exact) mass is 267 g/mol. The largest absolute Gasteiger partial charge is 0.481 e. The van der Waals surface area contributed by atoms with Crippen LogP contribution >= 0.6 is 0 Å². The van der Waals surface area contributed by atoms with Crippen molar-refractivity contribution in [1.82, 2.24) is 9.80 Å². The van der Waals surface area contributed by atoms with Crippen LogP contribution < -0.4 is 0 Å². The van der Waals surface area contributed by atoms with Gasteiger partial charge in [0.15, 0.2) is 0 Å². The van der Waals surface area contributed by atoms with Crippen LogP contribution in [0.2, 0.25) is 0 Å². The van der Waals surface area contributed by atoms with Crippen LogP contribution in [0.15, 0.2) is 0 Å². The van der Waals surface area contributed by atoms with Gasteiger partial charge in [-0.1, -0.05) is 6.92 Å². The van der Waals surface area contributed by atoms with Gasteiger partial charge >= 0.3 is 12.0 Å². The van der Waals surface area contributed by atoms with Crippen LogP contribution in [0.3, 0.4) is 0 Å². The molecule has 0 aromatic rings. The summed E-state index contributed by atoms with van der Waals surface area (Å²) in [4.78, 5) is 26.8. The minimum Gasteiger partial charge on any atom is -0.481 e. The van der Waals surface area contributed by atoms with E-state index in [0.29, 0.717) is 38.9 Å². The van der Waals surface area contributed by atoms with Crippen molar-refractivity contribution in [2.24, 2.45) is 5.41 Å². The molecule has 1 unspecified atom stereocenters. The number of rotatable bonds is 5. The molecule has 1 aliphatic rings. The van der Waals surface area contributed by atoms with Crippen molar-refractivity contribution >= 4 is 12.0 Å². The molecule has 1 saturated heterocycles. The molecule has 0 radical (unpaired) electrons. The maximum Gasteiger partial charge on any atom is 0.320 e. The lowest BCUT2D eigenvalue weighted by molar-refractivity contribution is -0.148. The Morgan fingerprint density at radius 3 is 2.58 bits per heavy atom. The van der Waals surface area contributed by atoms with Gasteiger partial charge in [-0.3, -0.25) is 4.79 Å². The van der Waals surface area contributed by atoms with E-state index in [2.05, 4.69) is 0 Å². The second-order valence-corrected chi connectivity index (χ2v) is 4.88. The fraction of sp³-hybridized carbons (Fsp3) is 0.769. The number of urea groups is 1. The van der Waals surface area contributed by atoms with E-state index in [0.717, 1.165) is 0 Å². The first-order valence-corrected chi connectivity index (χ1v) is 6.65. The molecule has 19 heavy (non-hydrogen) atoms. The molecule has 1 heterocycles. The lowest BCUT2D eigenvalue weighted by Crippen LogP contribution is -2.44. The topological polar surface area (TPSA) is 84.6 Å². The van der Waals surface area contributed by atoms with Crippen LogP contribution in [0.5, 0.6) is 0 Å². The van der Waals surface area contributed by atoms with Crippen LogP contribution in [0, 0.1) is 16.7 Å². The highest BCUT2D eigenvalue weighted by Crippen LogP contribution is 2.34. The molecule has 1 N–H and O–H groups in total. The summed E-state index contributed by atoms with van der Waals surface area (Å²) in [6.45, 7) is 5.37. The standard InChI is InChI=1S/C13H21N3O3/c1-3-13(11(17)18)6-9-16(10-13)12(19)15(4-2)8-5-7-14/h3-6,8-10H2,1-2H3,(H,17,18). The Labute approximate surface area is 113 Å². The normalized spacial score (nSPS) is 22.1. The molecule has 0 aliphatic carbocycles. The lowest BCUT2D eigenvalue weighted by atomic mass is 9.84. The average Bonchev–Trinajstić information content (AvgIpc) is 2.85. The number of nitriles is 1. The van der Waals surface area contributed by atoms with Gasteiger partial charge in [0.05, 0.1) is 17.9 Å². The summed E-state index contributed by atoms with van der Waals surface area (Å²) in [5, 5.41) is 17.9. The smallest absolute Gasteiger partial charge is 0.320 e.